The standard InChI is InChI=1S/C45H47N5O7/c1-27(2)48-32-11-7-28(8-12-32)30-17-33-23-46-38-21-42(40(54-4)19-36(38)44(51)49(33)25-30)56-15-6-16-57-43-22-39-37(20-41(43)55-5)45(52)50-26-31(18-34(50)24-47-39)29-9-13-35(53-3)14-10-29/h7-14,19-22,24-27,33-34,46,48H,6,15-18,23H2,1-5H3/t33-,34-/m0/s1. The Kier molecular flexibility index (Phi) is 10.5. The number of nitrogens with zero attached hydrogens (tertiary/aromatic N) is 3. The summed E-state index contributed by atoms with van der Waals surface area (Å²) in [7, 11) is 4.76. The van der Waals surface area contributed by atoms with E-state index in [0.29, 0.717) is 84.1 Å². The van der Waals surface area contributed by atoms with Crippen molar-refractivity contribution in [2.45, 2.75) is 51.2 Å². The Hall–Kier alpha value is -6.43. The Morgan fingerprint density at radius 1 is 0.737 bits per heavy atom. The number of aliphatic imine (C=N–C) groups is 1. The van der Waals surface area contributed by atoms with Crippen LogP contribution in [0.3, 0.4) is 0 Å². The Labute approximate surface area is 332 Å². The first-order valence-electron chi connectivity index (χ1n) is 19.3. The summed E-state index contributed by atoms with van der Waals surface area (Å²) in [5.41, 5.74) is 7.61. The fourth-order valence-corrected chi connectivity index (χ4v) is 7.70. The molecule has 0 fully saturated rings. The van der Waals surface area contributed by atoms with Gasteiger partial charge in [-0.25, -0.2) is 0 Å². The molecule has 0 aromatic heterocycles. The van der Waals surface area contributed by atoms with E-state index in [0.717, 1.165) is 40.1 Å². The van der Waals surface area contributed by atoms with Gasteiger partial charge in [-0.05, 0) is 78.9 Å². The molecule has 57 heavy (non-hydrogen) atoms. The molecule has 0 aliphatic carbocycles. The quantitative estimate of drug-likeness (QED) is 0.130. The van der Waals surface area contributed by atoms with Crippen LogP contribution in [0.5, 0.6) is 28.7 Å². The van der Waals surface area contributed by atoms with Crippen molar-refractivity contribution in [3.05, 3.63) is 107 Å². The van der Waals surface area contributed by atoms with Crippen LogP contribution < -0.4 is 34.3 Å². The molecule has 294 valence electrons. The molecule has 0 radical (unpaired) electrons. The molecule has 12 heteroatoms. The summed E-state index contributed by atoms with van der Waals surface area (Å²) < 4.78 is 29.0. The fourth-order valence-electron chi connectivity index (χ4n) is 7.70. The van der Waals surface area contributed by atoms with E-state index < -0.39 is 0 Å². The third-order valence-electron chi connectivity index (χ3n) is 10.6. The molecule has 4 aromatic rings. The maximum Gasteiger partial charge on any atom is 0.260 e. The van der Waals surface area contributed by atoms with Crippen LogP contribution in [0.25, 0.3) is 11.1 Å². The number of carbonyl (C=O) groups is 2. The number of methoxy groups -OCH3 is 3. The highest BCUT2D eigenvalue weighted by Gasteiger charge is 2.36. The van der Waals surface area contributed by atoms with E-state index in [1.165, 1.54) is 0 Å². The van der Waals surface area contributed by atoms with Crippen LogP contribution in [-0.2, 0) is 0 Å². The average molecular weight is 770 g/mol. The number of ether oxygens (including phenoxy) is 5. The van der Waals surface area contributed by atoms with Crippen molar-refractivity contribution >= 4 is 46.2 Å². The van der Waals surface area contributed by atoms with Crippen molar-refractivity contribution in [3.8, 4) is 28.7 Å². The summed E-state index contributed by atoms with van der Waals surface area (Å²) in [4.78, 5) is 35.9. The summed E-state index contributed by atoms with van der Waals surface area (Å²) >= 11 is 0. The van der Waals surface area contributed by atoms with E-state index in [1.54, 1.807) is 44.4 Å². The van der Waals surface area contributed by atoms with E-state index in [4.69, 9.17) is 28.7 Å². The molecule has 0 unspecified atom stereocenters. The van der Waals surface area contributed by atoms with Gasteiger partial charge in [0, 0.05) is 61.9 Å². The lowest BCUT2D eigenvalue weighted by molar-refractivity contribution is 0.0793. The molecular weight excluding hydrogens is 723 g/mol. The monoisotopic (exact) mass is 769 g/mol. The fraction of sp³-hybridized carbons (Fsp3) is 0.311. The van der Waals surface area contributed by atoms with Gasteiger partial charge in [-0.15, -0.1) is 0 Å². The summed E-state index contributed by atoms with van der Waals surface area (Å²) in [6.07, 6.45) is 7.66. The van der Waals surface area contributed by atoms with Crippen LogP contribution in [-0.4, -0.2) is 87.0 Å². The molecule has 4 heterocycles. The van der Waals surface area contributed by atoms with Crippen LogP contribution in [0.2, 0.25) is 0 Å². The summed E-state index contributed by atoms with van der Waals surface area (Å²) in [5.74, 6) is 2.48. The number of anilines is 2. The molecule has 4 aromatic carbocycles. The van der Waals surface area contributed by atoms with E-state index in [2.05, 4.69) is 48.7 Å². The van der Waals surface area contributed by atoms with Crippen LogP contribution in [0.1, 0.15) is 65.0 Å². The number of carbonyl (C=O) groups excluding carboxylic acids is 2. The maximum absolute atomic E-state index is 13.9. The lowest BCUT2D eigenvalue weighted by atomic mass is 10.0. The molecule has 12 nitrogen and oxygen atoms in total. The highest BCUT2D eigenvalue weighted by atomic mass is 16.5. The molecule has 8 rings (SSSR count). The van der Waals surface area contributed by atoms with Gasteiger partial charge in [-0.3, -0.25) is 14.6 Å². The molecule has 4 aliphatic rings. The van der Waals surface area contributed by atoms with Gasteiger partial charge in [-0.1, -0.05) is 24.3 Å². The Morgan fingerprint density at radius 2 is 1.35 bits per heavy atom. The first-order chi connectivity index (χ1) is 27.7. The molecule has 0 bridgehead atoms. The number of fused-ring (bicyclic) bond motifs is 4. The van der Waals surface area contributed by atoms with Gasteiger partial charge in [0.15, 0.2) is 23.0 Å². The average Bonchev–Trinajstić information content (AvgIpc) is 3.80. The molecular formula is C45H47N5O7. The van der Waals surface area contributed by atoms with Crippen molar-refractivity contribution in [2.75, 3.05) is 51.7 Å². The number of rotatable bonds is 13. The zero-order valence-corrected chi connectivity index (χ0v) is 32.8. The number of hydrogen-bond acceptors (Lipinski definition) is 10. The van der Waals surface area contributed by atoms with Crippen molar-refractivity contribution in [3.63, 3.8) is 0 Å². The van der Waals surface area contributed by atoms with E-state index >= 15 is 0 Å². The van der Waals surface area contributed by atoms with Crippen molar-refractivity contribution in [2.24, 2.45) is 4.99 Å². The first-order valence-corrected chi connectivity index (χ1v) is 19.3. The Morgan fingerprint density at radius 3 is 2.02 bits per heavy atom. The van der Waals surface area contributed by atoms with Crippen molar-refractivity contribution in [1.82, 2.24) is 9.80 Å². The second-order valence-corrected chi connectivity index (χ2v) is 14.7. The number of amides is 2. The smallest absolute Gasteiger partial charge is 0.260 e. The molecule has 0 saturated heterocycles. The Balaban J connectivity index is 0.894. The number of nitrogens with one attached hydrogen (secondary N) is 2. The highest BCUT2D eigenvalue weighted by molar-refractivity contribution is 6.05. The Bertz CT molecular complexity index is 2270. The summed E-state index contributed by atoms with van der Waals surface area (Å²) in [6.45, 7) is 5.48. The van der Waals surface area contributed by atoms with Gasteiger partial charge < -0.3 is 44.1 Å². The topological polar surface area (TPSA) is 123 Å². The summed E-state index contributed by atoms with van der Waals surface area (Å²) in [5, 5.41) is 6.91. The zero-order chi connectivity index (χ0) is 39.6. The minimum atomic E-state index is -0.198. The van der Waals surface area contributed by atoms with Gasteiger partial charge in [0.05, 0.1) is 69.1 Å². The molecule has 0 saturated carbocycles. The van der Waals surface area contributed by atoms with E-state index in [9.17, 15) is 9.59 Å². The first kappa shape index (κ1) is 37.5. The minimum absolute atomic E-state index is 0.0124. The van der Waals surface area contributed by atoms with Gasteiger partial charge >= 0.3 is 0 Å². The molecule has 0 spiro atoms. The lowest BCUT2D eigenvalue weighted by Crippen LogP contribution is -2.34. The minimum Gasteiger partial charge on any atom is -0.497 e. The molecule has 4 aliphatic heterocycles. The van der Waals surface area contributed by atoms with Crippen LogP contribution in [0.15, 0.2) is 90.2 Å². The second kappa shape index (κ2) is 16.0. The molecule has 2 atom stereocenters. The normalized spacial score (nSPS) is 18.0. The van der Waals surface area contributed by atoms with Gasteiger partial charge in [0.1, 0.15) is 5.75 Å². The van der Waals surface area contributed by atoms with Crippen molar-refractivity contribution in [1.29, 1.82) is 0 Å². The zero-order valence-electron chi connectivity index (χ0n) is 32.8. The SMILES string of the molecule is COc1ccc(C2=CN3C(=O)c4cc(OC)c(OCCCOc5cc6c(cc5OC)C(=O)N5C=C(c7ccc(NC(C)C)cc7)C[C@H]5CN6)cc4N=C[C@@H]3C2)cc1. The van der Waals surface area contributed by atoms with Crippen LogP contribution >= 0.6 is 0 Å². The van der Waals surface area contributed by atoms with Crippen molar-refractivity contribution < 1.29 is 33.3 Å². The predicted molar refractivity (Wildman–Crippen MR) is 222 cm³/mol. The second-order valence-electron chi connectivity index (χ2n) is 14.7. The highest BCUT2D eigenvalue weighted by Crippen LogP contribution is 2.41. The number of benzene rings is 4. The number of hydrogen-bond donors (Lipinski definition) is 2. The molecule has 2 N–H and O–H groups in total. The predicted octanol–water partition coefficient (Wildman–Crippen LogP) is 8.03. The van der Waals surface area contributed by atoms with Crippen LogP contribution in [0, 0.1) is 0 Å². The van der Waals surface area contributed by atoms with Gasteiger partial charge in [0.2, 0.25) is 0 Å². The molecule has 2 amide bonds. The largest absolute Gasteiger partial charge is 0.497 e. The third-order valence-corrected chi connectivity index (χ3v) is 10.6. The van der Waals surface area contributed by atoms with Gasteiger partial charge in [0.25, 0.3) is 11.8 Å². The van der Waals surface area contributed by atoms with E-state index in [-0.39, 0.29) is 23.9 Å². The third kappa shape index (κ3) is 7.59. The lowest BCUT2D eigenvalue weighted by Gasteiger charge is -2.20. The van der Waals surface area contributed by atoms with E-state index in [1.807, 2.05) is 53.8 Å². The summed E-state index contributed by atoms with van der Waals surface area (Å²) in [6, 6.07) is 23.4. The maximum atomic E-state index is 13.9. The van der Waals surface area contributed by atoms with Crippen LogP contribution in [0.4, 0.5) is 17.1 Å². The van der Waals surface area contributed by atoms with Gasteiger partial charge in [-0.2, -0.15) is 0 Å².